The van der Waals surface area contributed by atoms with Gasteiger partial charge in [0.05, 0.1) is 6.54 Å². The van der Waals surface area contributed by atoms with Gasteiger partial charge in [0.1, 0.15) is 24.6 Å². The molecule has 2 heterocycles. The number of halogens is 2. The summed E-state index contributed by atoms with van der Waals surface area (Å²) in [5.41, 5.74) is 0.887. The van der Waals surface area contributed by atoms with Crippen LogP contribution in [0.25, 0.3) is 5.78 Å². The van der Waals surface area contributed by atoms with Crippen molar-refractivity contribution in [3.05, 3.63) is 47.9 Å². The van der Waals surface area contributed by atoms with Crippen LogP contribution in [0.3, 0.4) is 0 Å². The van der Waals surface area contributed by atoms with Crippen LogP contribution in [0.5, 0.6) is 5.75 Å². The minimum Gasteiger partial charge on any atom is -0.489 e. The van der Waals surface area contributed by atoms with Gasteiger partial charge < -0.3 is 10.1 Å². The Bertz CT molecular complexity index is 821. The smallest absolute Gasteiger partial charge is 0.254 e. The van der Waals surface area contributed by atoms with Crippen molar-refractivity contribution in [1.82, 2.24) is 19.6 Å². The first-order chi connectivity index (χ1) is 11.2. The molecule has 0 spiro atoms. The zero-order chi connectivity index (χ0) is 16.2. The predicted octanol–water partition coefficient (Wildman–Crippen LogP) is 2.46. The van der Waals surface area contributed by atoms with Crippen molar-refractivity contribution in [3.8, 4) is 5.75 Å². The molecule has 0 aliphatic heterocycles. The average molecular weight is 319 g/mol. The van der Waals surface area contributed by atoms with Gasteiger partial charge in [-0.2, -0.15) is 14.6 Å². The minimum absolute atomic E-state index is 0.0167. The Morgan fingerprint density at radius 3 is 2.91 bits per heavy atom. The number of hydrogen-bond donors (Lipinski definition) is 1. The third kappa shape index (κ3) is 3.36. The fourth-order valence-corrected chi connectivity index (χ4v) is 2.10. The maximum atomic E-state index is 13.4. The quantitative estimate of drug-likeness (QED) is 0.707. The summed E-state index contributed by atoms with van der Waals surface area (Å²) in [5, 5.41) is 7.24. The first kappa shape index (κ1) is 15.1. The van der Waals surface area contributed by atoms with Crippen LogP contribution in [0.1, 0.15) is 12.6 Å². The van der Waals surface area contributed by atoms with Crippen molar-refractivity contribution in [2.24, 2.45) is 0 Å². The summed E-state index contributed by atoms with van der Waals surface area (Å²) in [6.45, 7) is 2.63. The molecule has 1 N–H and O–H groups in total. The SMILES string of the molecule is CCc1cc(NCCOc2ccc(F)cc2F)n2ncnc2n1. The topological polar surface area (TPSA) is 64.3 Å². The maximum absolute atomic E-state index is 13.4. The fraction of sp³-hybridized carbons (Fsp3) is 0.267. The molecule has 0 radical (unpaired) electrons. The number of aromatic nitrogens is 4. The van der Waals surface area contributed by atoms with Crippen LogP contribution in [-0.2, 0) is 6.42 Å². The Morgan fingerprint density at radius 1 is 1.26 bits per heavy atom. The van der Waals surface area contributed by atoms with Crippen LogP contribution in [0.2, 0.25) is 0 Å². The summed E-state index contributed by atoms with van der Waals surface area (Å²) in [6, 6.07) is 5.08. The first-order valence-corrected chi connectivity index (χ1v) is 7.18. The molecule has 0 aliphatic rings. The van der Waals surface area contributed by atoms with Crippen molar-refractivity contribution in [2.45, 2.75) is 13.3 Å². The van der Waals surface area contributed by atoms with Crippen LogP contribution in [0.4, 0.5) is 14.6 Å². The first-order valence-electron chi connectivity index (χ1n) is 7.18. The summed E-state index contributed by atoms with van der Waals surface area (Å²) < 4.78 is 33.1. The Labute approximate surface area is 131 Å². The summed E-state index contributed by atoms with van der Waals surface area (Å²) in [6.07, 6.45) is 2.20. The summed E-state index contributed by atoms with van der Waals surface area (Å²) in [5.74, 6) is -0.0979. The van der Waals surface area contributed by atoms with E-state index in [1.807, 2.05) is 13.0 Å². The molecule has 2 aromatic heterocycles. The van der Waals surface area contributed by atoms with Crippen LogP contribution in [0.15, 0.2) is 30.6 Å². The van der Waals surface area contributed by atoms with Gasteiger partial charge in [0.2, 0.25) is 0 Å². The Morgan fingerprint density at radius 2 is 2.13 bits per heavy atom. The van der Waals surface area contributed by atoms with Crippen molar-refractivity contribution < 1.29 is 13.5 Å². The normalized spacial score (nSPS) is 10.9. The number of hydrogen-bond acceptors (Lipinski definition) is 5. The number of nitrogens with one attached hydrogen (secondary N) is 1. The largest absolute Gasteiger partial charge is 0.489 e. The fourth-order valence-electron chi connectivity index (χ4n) is 2.10. The van der Waals surface area contributed by atoms with Gasteiger partial charge in [-0.15, -0.1) is 0 Å². The average Bonchev–Trinajstić information content (AvgIpc) is 3.01. The van der Waals surface area contributed by atoms with E-state index in [1.165, 1.54) is 12.4 Å². The molecule has 0 atom stereocenters. The van der Waals surface area contributed by atoms with E-state index in [-0.39, 0.29) is 12.4 Å². The number of aryl methyl sites for hydroxylation is 1. The van der Waals surface area contributed by atoms with Gasteiger partial charge >= 0.3 is 0 Å². The van der Waals surface area contributed by atoms with E-state index in [2.05, 4.69) is 20.4 Å². The monoisotopic (exact) mass is 319 g/mol. The zero-order valence-corrected chi connectivity index (χ0v) is 12.5. The third-order valence-electron chi connectivity index (χ3n) is 3.23. The van der Waals surface area contributed by atoms with Crippen molar-refractivity contribution in [1.29, 1.82) is 0 Å². The zero-order valence-electron chi connectivity index (χ0n) is 12.5. The molecule has 3 aromatic rings. The number of fused-ring (bicyclic) bond motifs is 1. The highest BCUT2D eigenvalue weighted by Crippen LogP contribution is 2.17. The highest BCUT2D eigenvalue weighted by atomic mass is 19.1. The number of benzene rings is 1. The second kappa shape index (κ2) is 6.55. The molecule has 0 bridgehead atoms. The molecular weight excluding hydrogens is 304 g/mol. The van der Waals surface area contributed by atoms with Crippen LogP contribution >= 0.6 is 0 Å². The van der Waals surface area contributed by atoms with Gasteiger partial charge in [0, 0.05) is 17.8 Å². The second-order valence-electron chi connectivity index (χ2n) is 4.81. The van der Waals surface area contributed by atoms with E-state index in [1.54, 1.807) is 4.52 Å². The van der Waals surface area contributed by atoms with Gasteiger partial charge in [-0.3, -0.25) is 0 Å². The van der Waals surface area contributed by atoms with Crippen LogP contribution < -0.4 is 10.1 Å². The Balaban J connectivity index is 1.63. The molecule has 120 valence electrons. The van der Waals surface area contributed by atoms with E-state index < -0.39 is 11.6 Å². The van der Waals surface area contributed by atoms with E-state index >= 15 is 0 Å². The lowest BCUT2D eigenvalue weighted by Gasteiger charge is -2.11. The predicted molar refractivity (Wildman–Crippen MR) is 80.5 cm³/mol. The van der Waals surface area contributed by atoms with Gasteiger partial charge in [-0.1, -0.05) is 6.92 Å². The summed E-state index contributed by atoms with van der Waals surface area (Å²) in [7, 11) is 0. The second-order valence-corrected chi connectivity index (χ2v) is 4.81. The summed E-state index contributed by atoms with van der Waals surface area (Å²) >= 11 is 0. The van der Waals surface area contributed by atoms with Crippen molar-refractivity contribution in [2.75, 3.05) is 18.5 Å². The lowest BCUT2D eigenvalue weighted by Crippen LogP contribution is -2.15. The lowest BCUT2D eigenvalue weighted by molar-refractivity contribution is 0.313. The highest BCUT2D eigenvalue weighted by molar-refractivity contribution is 5.44. The van der Waals surface area contributed by atoms with Crippen molar-refractivity contribution in [3.63, 3.8) is 0 Å². The van der Waals surface area contributed by atoms with E-state index in [4.69, 9.17) is 4.74 Å². The number of anilines is 1. The maximum Gasteiger partial charge on any atom is 0.254 e. The van der Waals surface area contributed by atoms with Gasteiger partial charge in [0.25, 0.3) is 5.78 Å². The lowest BCUT2D eigenvalue weighted by atomic mass is 10.3. The molecule has 0 amide bonds. The van der Waals surface area contributed by atoms with E-state index in [9.17, 15) is 8.78 Å². The molecule has 0 unspecified atom stereocenters. The molecule has 23 heavy (non-hydrogen) atoms. The van der Waals surface area contributed by atoms with Gasteiger partial charge in [-0.05, 0) is 18.6 Å². The molecule has 0 aliphatic carbocycles. The highest BCUT2D eigenvalue weighted by Gasteiger charge is 2.07. The molecule has 6 nitrogen and oxygen atoms in total. The Hall–Kier alpha value is -2.77. The standard InChI is InChI=1S/C15H15F2N5O/c1-2-11-8-14(22-15(21-11)19-9-20-22)18-5-6-23-13-4-3-10(16)7-12(13)17/h3-4,7-9,18H,2,5-6H2,1H3. The molecular formula is C15H15F2N5O. The van der Waals surface area contributed by atoms with Crippen LogP contribution in [0, 0.1) is 11.6 Å². The molecule has 3 rings (SSSR count). The van der Waals surface area contributed by atoms with Gasteiger partial charge in [-0.25, -0.2) is 13.8 Å². The van der Waals surface area contributed by atoms with Crippen LogP contribution in [-0.4, -0.2) is 32.7 Å². The molecule has 0 saturated carbocycles. The molecule has 0 saturated heterocycles. The third-order valence-corrected chi connectivity index (χ3v) is 3.23. The number of ether oxygens (including phenoxy) is 1. The summed E-state index contributed by atoms with van der Waals surface area (Å²) in [4.78, 5) is 8.41. The van der Waals surface area contributed by atoms with Gasteiger partial charge in [0.15, 0.2) is 11.6 Å². The minimum atomic E-state index is -0.721. The molecule has 1 aromatic carbocycles. The molecule has 8 heteroatoms. The van der Waals surface area contributed by atoms with E-state index in [0.717, 1.165) is 30.1 Å². The van der Waals surface area contributed by atoms with Crippen molar-refractivity contribution >= 4 is 11.6 Å². The Kier molecular flexibility index (Phi) is 4.31. The number of nitrogens with zero attached hydrogens (tertiary/aromatic N) is 4. The van der Waals surface area contributed by atoms with E-state index in [0.29, 0.717) is 12.3 Å². The number of rotatable bonds is 6. The molecule has 0 fully saturated rings.